The molecule has 1 amide bonds. The van der Waals surface area contributed by atoms with Gasteiger partial charge in [-0.1, -0.05) is 25.1 Å². The van der Waals surface area contributed by atoms with Gasteiger partial charge in [0.05, 0.1) is 18.6 Å². The average molecular weight is 451 g/mol. The van der Waals surface area contributed by atoms with Crippen molar-refractivity contribution in [3.05, 3.63) is 59.2 Å². The molecule has 0 radical (unpaired) electrons. The first-order chi connectivity index (χ1) is 15.9. The van der Waals surface area contributed by atoms with Gasteiger partial charge >= 0.3 is 5.97 Å². The van der Waals surface area contributed by atoms with E-state index in [4.69, 9.17) is 10.5 Å². The molecule has 1 unspecified atom stereocenters. The highest BCUT2D eigenvalue weighted by Crippen LogP contribution is 2.45. The number of anilines is 1. The first-order valence-electron chi connectivity index (χ1n) is 12.1. The first kappa shape index (κ1) is 23.1. The molecule has 1 heterocycles. The van der Waals surface area contributed by atoms with Crippen LogP contribution in [0.2, 0.25) is 0 Å². The van der Waals surface area contributed by atoms with Crippen molar-refractivity contribution in [2.24, 2.45) is 17.6 Å². The van der Waals surface area contributed by atoms with E-state index in [1.807, 2.05) is 36.4 Å². The molecular weight excluding hydrogens is 416 g/mol. The number of piperidine rings is 1. The number of carboxylic acid groups (broad SMARTS) is 1. The fourth-order valence-corrected chi connectivity index (χ4v) is 4.90. The second-order valence-electron chi connectivity index (χ2n) is 9.43. The van der Waals surface area contributed by atoms with E-state index >= 15 is 0 Å². The molecule has 33 heavy (non-hydrogen) atoms. The Kier molecular flexibility index (Phi) is 7.21. The van der Waals surface area contributed by atoms with Crippen LogP contribution in [0.3, 0.4) is 0 Å². The lowest BCUT2D eigenvalue weighted by Crippen LogP contribution is -2.36. The van der Waals surface area contributed by atoms with Crippen molar-refractivity contribution in [2.45, 2.75) is 51.4 Å². The quantitative estimate of drug-likeness (QED) is 0.551. The van der Waals surface area contributed by atoms with Crippen molar-refractivity contribution in [1.82, 2.24) is 0 Å². The van der Waals surface area contributed by atoms with Gasteiger partial charge in [-0.3, -0.25) is 9.59 Å². The summed E-state index contributed by atoms with van der Waals surface area (Å²) in [5, 5.41) is 9.28. The molecule has 4 rings (SSSR count). The maximum atomic E-state index is 11.9. The van der Waals surface area contributed by atoms with E-state index in [1.165, 1.54) is 5.56 Å². The van der Waals surface area contributed by atoms with Crippen LogP contribution in [0.5, 0.6) is 5.75 Å². The van der Waals surface area contributed by atoms with Crippen LogP contribution in [0.25, 0.3) is 0 Å². The van der Waals surface area contributed by atoms with E-state index in [2.05, 4.69) is 17.9 Å². The Balaban J connectivity index is 1.34. The number of hydrogen-bond acceptors (Lipinski definition) is 4. The zero-order valence-corrected chi connectivity index (χ0v) is 19.3. The fourth-order valence-electron chi connectivity index (χ4n) is 4.90. The normalized spacial score (nSPS) is 17.5. The van der Waals surface area contributed by atoms with Crippen LogP contribution in [0.4, 0.5) is 5.69 Å². The molecule has 1 aliphatic carbocycles. The summed E-state index contributed by atoms with van der Waals surface area (Å²) >= 11 is 0. The number of benzene rings is 2. The largest absolute Gasteiger partial charge is 0.493 e. The summed E-state index contributed by atoms with van der Waals surface area (Å²) in [6.07, 6.45) is 5.29. The summed E-state index contributed by atoms with van der Waals surface area (Å²) in [6, 6.07) is 13.9. The van der Waals surface area contributed by atoms with E-state index in [9.17, 15) is 14.7 Å². The monoisotopic (exact) mass is 450 g/mol. The molecule has 3 N–H and O–H groups in total. The molecule has 0 aromatic heterocycles. The Labute approximate surface area is 195 Å². The highest BCUT2D eigenvalue weighted by Gasteiger charge is 2.34. The summed E-state index contributed by atoms with van der Waals surface area (Å²) < 4.78 is 6.14. The number of carbonyl (C=O) groups is 2. The van der Waals surface area contributed by atoms with Gasteiger partial charge in [-0.15, -0.1) is 0 Å². The van der Waals surface area contributed by atoms with Crippen molar-refractivity contribution in [3.8, 4) is 5.75 Å². The third kappa shape index (κ3) is 5.86. The number of ether oxygens (including phenoxy) is 1. The van der Waals surface area contributed by atoms with E-state index in [0.29, 0.717) is 24.0 Å². The van der Waals surface area contributed by atoms with Gasteiger partial charge in [0.25, 0.3) is 5.91 Å². The van der Waals surface area contributed by atoms with Gasteiger partial charge in [0, 0.05) is 18.8 Å². The number of aliphatic carboxylic acids is 1. The number of hydrogen-bond donors (Lipinski definition) is 2. The average Bonchev–Trinajstić information content (AvgIpc) is 3.66. The number of nitrogens with zero attached hydrogens (tertiary/aromatic N) is 1. The van der Waals surface area contributed by atoms with Crippen LogP contribution < -0.4 is 15.4 Å². The van der Waals surface area contributed by atoms with E-state index < -0.39 is 5.97 Å². The van der Waals surface area contributed by atoms with Gasteiger partial charge in [-0.25, -0.2) is 0 Å². The first-order valence-corrected chi connectivity index (χ1v) is 12.1. The molecule has 2 aromatic carbocycles. The lowest BCUT2D eigenvalue weighted by Gasteiger charge is -2.34. The molecule has 6 nitrogen and oxygen atoms in total. The predicted octanol–water partition coefficient (Wildman–Crippen LogP) is 4.61. The van der Waals surface area contributed by atoms with E-state index in [-0.39, 0.29) is 18.2 Å². The van der Waals surface area contributed by atoms with E-state index in [0.717, 1.165) is 62.2 Å². The third-order valence-electron chi connectivity index (χ3n) is 7.05. The van der Waals surface area contributed by atoms with Crippen molar-refractivity contribution in [1.29, 1.82) is 0 Å². The molecule has 6 heteroatoms. The summed E-state index contributed by atoms with van der Waals surface area (Å²) in [4.78, 5) is 25.5. The predicted molar refractivity (Wildman–Crippen MR) is 129 cm³/mol. The fraction of sp³-hybridized carbons (Fsp3) is 0.481. The van der Waals surface area contributed by atoms with Crippen molar-refractivity contribution in [2.75, 3.05) is 24.6 Å². The number of carbonyl (C=O) groups excluding carboxylic acids is 1. The summed E-state index contributed by atoms with van der Waals surface area (Å²) in [7, 11) is 0. The smallest absolute Gasteiger partial charge is 0.303 e. The molecule has 176 valence electrons. The number of aryl methyl sites for hydroxylation is 1. The highest BCUT2D eigenvalue weighted by atomic mass is 16.5. The molecule has 1 saturated heterocycles. The van der Waals surface area contributed by atoms with Gasteiger partial charge in [0.2, 0.25) is 0 Å². The maximum absolute atomic E-state index is 11.9. The topological polar surface area (TPSA) is 92.9 Å². The summed E-state index contributed by atoms with van der Waals surface area (Å²) in [6.45, 7) is 4.48. The Morgan fingerprint density at radius 2 is 1.88 bits per heavy atom. The molecule has 2 aliphatic rings. The SMILES string of the molecule is CCc1ccc(C(N)=O)c(N2CCC(COc3cccc(C(CC(=O)O)C4CC4)c3)CC2)c1. The van der Waals surface area contributed by atoms with Gasteiger partial charge in [0.15, 0.2) is 0 Å². The molecular formula is C27H34N2O4. The second kappa shape index (κ2) is 10.3. The summed E-state index contributed by atoms with van der Waals surface area (Å²) in [5.74, 6) is 0.691. The Morgan fingerprint density at radius 1 is 1.12 bits per heavy atom. The molecule has 1 aliphatic heterocycles. The molecule has 1 atom stereocenters. The number of rotatable bonds is 10. The molecule has 2 aromatic rings. The molecule has 0 bridgehead atoms. The summed E-state index contributed by atoms with van der Waals surface area (Å²) in [5.41, 5.74) is 9.42. The lowest BCUT2D eigenvalue weighted by atomic mass is 9.91. The number of carboxylic acids is 1. The minimum Gasteiger partial charge on any atom is -0.493 e. The van der Waals surface area contributed by atoms with Crippen LogP contribution in [0.15, 0.2) is 42.5 Å². The van der Waals surface area contributed by atoms with Crippen LogP contribution >= 0.6 is 0 Å². The zero-order chi connectivity index (χ0) is 23.4. The third-order valence-corrected chi connectivity index (χ3v) is 7.05. The zero-order valence-electron chi connectivity index (χ0n) is 19.3. The molecule has 0 spiro atoms. The van der Waals surface area contributed by atoms with Gasteiger partial charge in [0.1, 0.15) is 5.75 Å². The molecule has 2 fully saturated rings. The van der Waals surface area contributed by atoms with E-state index in [1.54, 1.807) is 0 Å². The minimum atomic E-state index is -0.742. The highest BCUT2D eigenvalue weighted by molar-refractivity contribution is 5.98. The van der Waals surface area contributed by atoms with Crippen LogP contribution in [0, 0.1) is 11.8 Å². The Bertz CT molecular complexity index is 993. The number of nitrogens with two attached hydrogens (primary N) is 1. The number of primary amides is 1. The standard InChI is InChI=1S/C27H34N2O4/c1-2-18-6-9-23(27(28)32)25(14-18)29-12-10-19(11-13-29)17-33-22-5-3-4-21(15-22)24(16-26(30)31)20-7-8-20/h3-6,9,14-15,19-20,24H,2,7-8,10-13,16-17H2,1H3,(H2,28,32)(H,30,31). The second-order valence-corrected chi connectivity index (χ2v) is 9.43. The van der Waals surface area contributed by atoms with Crippen LogP contribution in [-0.2, 0) is 11.2 Å². The van der Waals surface area contributed by atoms with Gasteiger partial charge < -0.3 is 20.5 Å². The van der Waals surface area contributed by atoms with Crippen molar-refractivity contribution >= 4 is 17.6 Å². The lowest BCUT2D eigenvalue weighted by molar-refractivity contribution is -0.137. The molecule has 1 saturated carbocycles. The van der Waals surface area contributed by atoms with Crippen molar-refractivity contribution < 1.29 is 19.4 Å². The minimum absolute atomic E-state index is 0.0765. The maximum Gasteiger partial charge on any atom is 0.303 e. The van der Waals surface area contributed by atoms with Gasteiger partial charge in [-0.2, -0.15) is 0 Å². The Morgan fingerprint density at radius 3 is 2.52 bits per heavy atom. The van der Waals surface area contributed by atoms with Gasteiger partial charge in [-0.05, 0) is 85.3 Å². The number of amides is 1. The Hall–Kier alpha value is -3.02. The van der Waals surface area contributed by atoms with Crippen LogP contribution in [-0.4, -0.2) is 36.7 Å². The van der Waals surface area contributed by atoms with Crippen molar-refractivity contribution in [3.63, 3.8) is 0 Å². The van der Waals surface area contributed by atoms with Crippen LogP contribution in [0.1, 0.15) is 66.4 Å².